The standard InChI is InChI=1S/C9H23NSi2/c1-7-5-4-6-8(2)10(7)12-9(3)11/h7-9H,4-6,12H2,1-3,11H3. The highest BCUT2D eigenvalue weighted by molar-refractivity contribution is 6.47. The lowest BCUT2D eigenvalue weighted by Gasteiger charge is -2.40. The number of hydrogen-bond donors (Lipinski definition) is 0. The first kappa shape index (κ1) is 10.5. The van der Waals surface area contributed by atoms with Crippen molar-refractivity contribution in [1.82, 2.24) is 4.57 Å². The van der Waals surface area contributed by atoms with Gasteiger partial charge >= 0.3 is 0 Å². The van der Waals surface area contributed by atoms with Gasteiger partial charge in [0.05, 0.1) is 9.68 Å². The number of piperidine rings is 1. The second-order valence-electron chi connectivity index (χ2n) is 4.72. The van der Waals surface area contributed by atoms with Crippen molar-refractivity contribution in [2.45, 2.75) is 57.3 Å². The van der Waals surface area contributed by atoms with Crippen molar-refractivity contribution < 1.29 is 0 Å². The molecule has 0 N–H and O–H groups in total. The number of rotatable bonds is 2. The van der Waals surface area contributed by atoms with Crippen molar-refractivity contribution in [2.75, 3.05) is 0 Å². The fraction of sp³-hybridized carbons (Fsp3) is 1.00. The highest BCUT2D eigenvalue weighted by Crippen LogP contribution is 2.22. The van der Waals surface area contributed by atoms with E-state index < -0.39 is 0 Å². The summed E-state index contributed by atoms with van der Waals surface area (Å²) in [7, 11) is 1.51. The summed E-state index contributed by atoms with van der Waals surface area (Å²) in [5.74, 6) is 0. The molecule has 1 aliphatic rings. The Morgan fingerprint density at radius 3 is 2.25 bits per heavy atom. The number of nitrogens with zero attached hydrogens (tertiary/aromatic N) is 1. The molecule has 3 atom stereocenters. The topological polar surface area (TPSA) is 3.24 Å². The first-order valence-electron chi connectivity index (χ1n) is 5.37. The summed E-state index contributed by atoms with van der Waals surface area (Å²) in [6, 6.07) is 1.80. The van der Waals surface area contributed by atoms with Gasteiger partial charge in [-0.3, -0.25) is 0 Å². The molecule has 72 valence electrons. The zero-order valence-electron chi connectivity index (χ0n) is 9.01. The second kappa shape index (κ2) is 4.58. The molecule has 0 saturated carbocycles. The van der Waals surface area contributed by atoms with E-state index in [1.54, 1.807) is 0 Å². The Balaban J connectivity index is 2.45. The van der Waals surface area contributed by atoms with E-state index >= 15 is 0 Å². The van der Waals surface area contributed by atoms with Gasteiger partial charge in [-0.25, -0.2) is 0 Å². The molecular weight excluding hydrogens is 178 g/mol. The monoisotopic (exact) mass is 201 g/mol. The maximum absolute atomic E-state index is 2.85. The Morgan fingerprint density at radius 2 is 1.83 bits per heavy atom. The van der Waals surface area contributed by atoms with Gasteiger partial charge in [0.2, 0.25) is 0 Å². The van der Waals surface area contributed by atoms with Gasteiger partial charge in [-0.05, 0) is 12.8 Å². The average molecular weight is 201 g/mol. The van der Waals surface area contributed by atoms with Crippen molar-refractivity contribution >= 4 is 19.9 Å². The van der Waals surface area contributed by atoms with Crippen LogP contribution in [-0.4, -0.2) is 36.6 Å². The maximum atomic E-state index is 2.85. The molecule has 1 heterocycles. The summed E-state index contributed by atoms with van der Waals surface area (Å²) in [6.07, 6.45) is 4.36. The van der Waals surface area contributed by atoms with Crippen LogP contribution in [0.5, 0.6) is 0 Å². The lowest BCUT2D eigenvalue weighted by Crippen LogP contribution is -2.47. The molecule has 0 radical (unpaired) electrons. The van der Waals surface area contributed by atoms with E-state index in [-0.39, 0.29) is 9.68 Å². The van der Waals surface area contributed by atoms with E-state index in [2.05, 4.69) is 25.3 Å². The van der Waals surface area contributed by atoms with Gasteiger partial charge in [0.1, 0.15) is 0 Å². The van der Waals surface area contributed by atoms with Gasteiger partial charge in [0.25, 0.3) is 0 Å². The predicted octanol–water partition coefficient (Wildman–Crippen LogP) is 0.464. The minimum Gasteiger partial charge on any atom is -0.324 e. The molecule has 0 spiro atoms. The number of hydrogen-bond acceptors (Lipinski definition) is 1. The molecule has 3 unspecified atom stereocenters. The van der Waals surface area contributed by atoms with Gasteiger partial charge < -0.3 is 4.57 Å². The Hall–Kier alpha value is 0.394. The van der Waals surface area contributed by atoms with Crippen molar-refractivity contribution in [3.8, 4) is 0 Å². The molecule has 3 heteroatoms. The fourth-order valence-electron chi connectivity index (χ4n) is 2.26. The summed E-state index contributed by atoms with van der Waals surface area (Å²) in [4.78, 5) is 0. The highest BCUT2D eigenvalue weighted by Gasteiger charge is 2.24. The van der Waals surface area contributed by atoms with Crippen LogP contribution in [0.2, 0.25) is 5.16 Å². The first-order valence-corrected chi connectivity index (χ1v) is 7.97. The molecule has 0 aromatic heterocycles. The average Bonchev–Trinajstić information content (AvgIpc) is 1.97. The predicted molar refractivity (Wildman–Crippen MR) is 62.5 cm³/mol. The van der Waals surface area contributed by atoms with E-state index in [9.17, 15) is 0 Å². The molecule has 1 rings (SSSR count). The summed E-state index contributed by atoms with van der Waals surface area (Å²) in [5.41, 5.74) is 0. The second-order valence-corrected chi connectivity index (χ2v) is 11.1. The third-order valence-corrected chi connectivity index (χ3v) is 6.45. The zero-order chi connectivity index (χ0) is 9.14. The van der Waals surface area contributed by atoms with Crippen LogP contribution in [0, 0.1) is 0 Å². The van der Waals surface area contributed by atoms with Crippen LogP contribution in [0.4, 0.5) is 0 Å². The molecule has 12 heavy (non-hydrogen) atoms. The smallest absolute Gasteiger partial charge is 0.0951 e. The largest absolute Gasteiger partial charge is 0.324 e. The molecule has 1 aliphatic heterocycles. The Morgan fingerprint density at radius 1 is 1.33 bits per heavy atom. The van der Waals surface area contributed by atoms with Gasteiger partial charge in [-0.1, -0.05) is 32.4 Å². The molecule has 0 aromatic carbocycles. The maximum Gasteiger partial charge on any atom is 0.0951 e. The van der Waals surface area contributed by atoms with E-state index in [4.69, 9.17) is 0 Å². The molecule has 0 bridgehead atoms. The van der Waals surface area contributed by atoms with E-state index in [1.807, 2.05) is 0 Å². The summed E-state index contributed by atoms with van der Waals surface area (Å²) in [6.45, 7) is 7.28. The van der Waals surface area contributed by atoms with Crippen LogP contribution in [0.15, 0.2) is 0 Å². The van der Waals surface area contributed by atoms with E-state index in [0.29, 0.717) is 0 Å². The van der Waals surface area contributed by atoms with Crippen LogP contribution in [0.3, 0.4) is 0 Å². The van der Waals surface area contributed by atoms with Gasteiger partial charge in [-0.2, -0.15) is 0 Å². The summed E-state index contributed by atoms with van der Waals surface area (Å²) in [5, 5.41) is 1.09. The van der Waals surface area contributed by atoms with Gasteiger partial charge in [-0.15, -0.1) is 0 Å². The Labute approximate surface area is 82.2 Å². The molecule has 1 nitrogen and oxygen atoms in total. The van der Waals surface area contributed by atoms with Crippen molar-refractivity contribution in [2.24, 2.45) is 0 Å². The zero-order valence-corrected chi connectivity index (χ0v) is 12.4. The van der Waals surface area contributed by atoms with Gasteiger partial charge in [0, 0.05) is 22.3 Å². The van der Waals surface area contributed by atoms with Gasteiger partial charge in [0.15, 0.2) is 0 Å². The molecular formula is C9H23NSi2. The third-order valence-electron chi connectivity index (χ3n) is 2.95. The minimum absolute atomic E-state index is 0.100. The molecule has 0 aromatic rings. The van der Waals surface area contributed by atoms with Crippen LogP contribution in [0.25, 0.3) is 0 Å². The first-order chi connectivity index (χ1) is 5.61. The van der Waals surface area contributed by atoms with Crippen LogP contribution in [-0.2, 0) is 0 Å². The summed E-state index contributed by atoms with van der Waals surface area (Å²) >= 11 is 0. The molecule has 1 fully saturated rings. The molecule has 1 saturated heterocycles. The SMILES string of the molecule is CC([SiH3])[SiH2]N1C(C)CCCC1C. The Kier molecular flexibility index (Phi) is 4.00. The lowest BCUT2D eigenvalue weighted by molar-refractivity contribution is 0.205. The Bertz CT molecular complexity index is 128. The minimum atomic E-state index is 0.100. The summed E-state index contributed by atoms with van der Waals surface area (Å²) < 4.78 is 2.85. The quantitative estimate of drug-likeness (QED) is 0.587. The van der Waals surface area contributed by atoms with E-state index in [1.165, 1.54) is 29.5 Å². The normalized spacial score (nSPS) is 36.2. The van der Waals surface area contributed by atoms with Crippen molar-refractivity contribution in [3.05, 3.63) is 0 Å². The van der Waals surface area contributed by atoms with Crippen molar-refractivity contribution in [3.63, 3.8) is 0 Å². The lowest BCUT2D eigenvalue weighted by atomic mass is 10.0. The van der Waals surface area contributed by atoms with Crippen LogP contribution >= 0.6 is 0 Å². The molecule has 0 aliphatic carbocycles. The van der Waals surface area contributed by atoms with Crippen molar-refractivity contribution in [1.29, 1.82) is 0 Å². The third kappa shape index (κ3) is 2.71. The fourth-order valence-corrected chi connectivity index (χ4v) is 5.45. The van der Waals surface area contributed by atoms with E-state index in [0.717, 1.165) is 17.2 Å². The molecule has 0 amide bonds. The highest BCUT2D eigenvalue weighted by atomic mass is 28.3. The van der Waals surface area contributed by atoms with Crippen LogP contribution < -0.4 is 0 Å². The van der Waals surface area contributed by atoms with Crippen LogP contribution in [0.1, 0.15) is 40.0 Å².